The molecule has 480 valence electrons. The summed E-state index contributed by atoms with van der Waals surface area (Å²) in [6.45, 7) is 2.79. The summed E-state index contributed by atoms with van der Waals surface area (Å²) in [5, 5.41) is 87.6. The number of carbonyl (C=O) groups is 1. The maximum atomic E-state index is 13.3. The van der Waals surface area contributed by atoms with E-state index in [1.807, 2.05) is 0 Å². The summed E-state index contributed by atoms with van der Waals surface area (Å²) >= 11 is 0. The molecule has 2 saturated heterocycles. The molecular weight excluding hydrogens is 1040 g/mol. The maximum Gasteiger partial charge on any atom is 0.220 e. The highest BCUT2D eigenvalue weighted by Crippen LogP contribution is 2.30. The quantitative estimate of drug-likeness (QED) is 0.0204. The Balaban J connectivity index is 1.68. The van der Waals surface area contributed by atoms with Crippen LogP contribution in [0.4, 0.5) is 0 Å². The van der Waals surface area contributed by atoms with Crippen molar-refractivity contribution in [3.05, 3.63) is 48.6 Å². The zero-order chi connectivity index (χ0) is 59.5. The molecule has 2 rings (SSSR count). The van der Waals surface area contributed by atoms with Gasteiger partial charge in [-0.25, -0.2) is 0 Å². The number of rotatable bonds is 55. The second-order valence-electron chi connectivity index (χ2n) is 23.9. The molecule has 2 heterocycles. The number of allylic oxidation sites excluding steroid dienone is 8. The van der Waals surface area contributed by atoms with Crippen molar-refractivity contribution in [2.75, 3.05) is 19.8 Å². The van der Waals surface area contributed by atoms with E-state index in [0.29, 0.717) is 12.8 Å². The molecule has 12 atom stereocenters. The third-order valence-corrected chi connectivity index (χ3v) is 16.6. The van der Waals surface area contributed by atoms with Crippen LogP contribution in [0.2, 0.25) is 0 Å². The predicted molar refractivity (Wildman–Crippen MR) is 332 cm³/mol. The number of hydrogen-bond acceptors (Lipinski definition) is 13. The fraction of sp³-hybridized carbons (Fsp3) is 0.868. The van der Waals surface area contributed by atoms with Crippen LogP contribution < -0.4 is 5.32 Å². The Bertz CT molecular complexity index is 1560. The van der Waals surface area contributed by atoms with Crippen LogP contribution in [0.15, 0.2) is 48.6 Å². The molecule has 0 aromatic rings. The van der Waals surface area contributed by atoms with Gasteiger partial charge in [-0.1, -0.05) is 274 Å². The van der Waals surface area contributed by atoms with Crippen molar-refractivity contribution >= 4 is 5.91 Å². The van der Waals surface area contributed by atoms with Crippen LogP contribution in [0, 0.1) is 0 Å². The molecule has 0 bridgehead atoms. The number of unbranched alkanes of at least 4 members (excludes halogenated alkanes) is 34. The van der Waals surface area contributed by atoms with Crippen LogP contribution in [0.25, 0.3) is 0 Å². The molecule has 0 spiro atoms. The summed E-state index contributed by atoms with van der Waals surface area (Å²) < 4.78 is 22.9. The largest absolute Gasteiger partial charge is 0.394 e. The van der Waals surface area contributed by atoms with Crippen LogP contribution >= 0.6 is 0 Å². The molecule has 0 aliphatic carbocycles. The molecule has 14 heteroatoms. The van der Waals surface area contributed by atoms with Gasteiger partial charge in [0.05, 0.1) is 32.0 Å². The minimum Gasteiger partial charge on any atom is -0.394 e. The number of aliphatic hydroxyl groups excluding tert-OH is 8. The van der Waals surface area contributed by atoms with Gasteiger partial charge in [0.25, 0.3) is 0 Å². The zero-order valence-electron chi connectivity index (χ0n) is 52.0. The van der Waals surface area contributed by atoms with Crippen molar-refractivity contribution in [1.82, 2.24) is 5.32 Å². The Morgan fingerprint density at radius 3 is 1.29 bits per heavy atom. The Hall–Kier alpha value is -2.05. The van der Waals surface area contributed by atoms with E-state index in [0.717, 1.165) is 77.0 Å². The molecule has 2 fully saturated rings. The van der Waals surface area contributed by atoms with Crippen molar-refractivity contribution in [2.24, 2.45) is 0 Å². The van der Waals surface area contributed by atoms with Gasteiger partial charge in [0.15, 0.2) is 12.6 Å². The second kappa shape index (κ2) is 53.2. The molecule has 2 aliphatic rings. The Kier molecular flexibility index (Phi) is 49.3. The van der Waals surface area contributed by atoms with Crippen LogP contribution in [-0.4, -0.2) is 140 Å². The van der Waals surface area contributed by atoms with E-state index in [4.69, 9.17) is 18.9 Å². The standard InChI is InChI=1S/C68H125NO13/c1-3-5-7-9-11-13-15-17-19-21-23-25-26-27-28-29-30-32-34-36-38-40-42-44-46-48-50-52-60(73)69-56(57(72)51-49-47-45-43-41-39-37-35-33-31-24-22-20-18-16-14-12-10-8-6-4-2)55-79-67-65(78)63(76)66(59(54-71)81-67)82-68-64(77)62(75)61(74)58(53-70)80-68/h5,7,11,13,17,19,23,25,56-59,61-68,70-72,74-78H,3-4,6,8-10,12,14-16,18,20-22,24,26-55H2,1-2H3,(H,69,73)/b7-5-,13-11-,19-17-,25-23-. The minimum absolute atomic E-state index is 0.205. The van der Waals surface area contributed by atoms with Gasteiger partial charge in [-0.2, -0.15) is 0 Å². The van der Waals surface area contributed by atoms with Crippen molar-refractivity contribution in [1.29, 1.82) is 0 Å². The fourth-order valence-electron chi connectivity index (χ4n) is 11.2. The number of amides is 1. The van der Waals surface area contributed by atoms with Gasteiger partial charge < -0.3 is 65.1 Å². The Labute approximate surface area is 499 Å². The number of ether oxygens (including phenoxy) is 4. The Morgan fingerprint density at radius 1 is 0.451 bits per heavy atom. The molecule has 1 amide bonds. The van der Waals surface area contributed by atoms with Gasteiger partial charge in [0.2, 0.25) is 5.91 Å². The third kappa shape index (κ3) is 37.5. The number of aliphatic hydroxyl groups is 8. The molecule has 12 unspecified atom stereocenters. The highest BCUT2D eigenvalue weighted by molar-refractivity contribution is 5.76. The van der Waals surface area contributed by atoms with E-state index >= 15 is 0 Å². The lowest BCUT2D eigenvalue weighted by molar-refractivity contribution is -0.359. The van der Waals surface area contributed by atoms with Gasteiger partial charge in [0, 0.05) is 6.42 Å². The van der Waals surface area contributed by atoms with E-state index in [1.54, 1.807) is 0 Å². The van der Waals surface area contributed by atoms with Crippen LogP contribution in [-0.2, 0) is 23.7 Å². The lowest BCUT2D eigenvalue weighted by Crippen LogP contribution is -2.65. The van der Waals surface area contributed by atoms with E-state index in [1.165, 1.54) is 180 Å². The van der Waals surface area contributed by atoms with E-state index < -0.39 is 86.8 Å². The maximum absolute atomic E-state index is 13.3. The van der Waals surface area contributed by atoms with Gasteiger partial charge in [0.1, 0.15) is 48.8 Å². The lowest BCUT2D eigenvalue weighted by atomic mass is 9.97. The number of carbonyl (C=O) groups excluding carboxylic acids is 1. The van der Waals surface area contributed by atoms with Gasteiger partial charge >= 0.3 is 0 Å². The average molecular weight is 1160 g/mol. The minimum atomic E-state index is -1.78. The summed E-state index contributed by atoms with van der Waals surface area (Å²) in [5.41, 5.74) is 0. The van der Waals surface area contributed by atoms with E-state index in [9.17, 15) is 45.6 Å². The van der Waals surface area contributed by atoms with Crippen molar-refractivity contribution < 1.29 is 64.6 Å². The molecule has 0 radical (unpaired) electrons. The lowest BCUT2D eigenvalue weighted by Gasteiger charge is -2.46. The summed E-state index contributed by atoms with van der Waals surface area (Å²) in [6.07, 6.45) is 51.1. The summed E-state index contributed by atoms with van der Waals surface area (Å²) in [7, 11) is 0. The molecular formula is C68H125NO13. The van der Waals surface area contributed by atoms with Gasteiger partial charge in [-0.3, -0.25) is 4.79 Å². The van der Waals surface area contributed by atoms with Crippen molar-refractivity contribution in [3.8, 4) is 0 Å². The smallest absolute Gasteiger partial charge is 0.220 e. The first-order valence-electron chi connectivity index (χ1n) is 33.9. The average Bonchev–Trinajstić information content (AvgIpc) is 3.67. The number of hydrogen-bond donors (Lipinski definition) is 9. The van der Waals surface area contributed by atoms with Crippen molar-refractivity contribution in [3.63, 3.8) is 0 Å². The first-order chi connectivity index (χ1) is 40.1. The summed E-state index contributed by atoms with van der Waals surface area (Å²) in [4.78, 5) is 13.3. The van der Waals surface area contributed by atoms with Gasteiger partial charge in [-0.15, -0.1) is 0 Å². The molecule has 82 heavy (non-hydrogen) atoms. The third-order valence-electron chi connectivity index (χ3n) is 16.6. The monoisotopic (exact) mass is 1160 g/mol. The summed E-state index contributed by atoms with van der Waals surface area (Å²) in [5.74, 6) is -0.205. The number of nitrogens with one attached hydrogen (secondary N) is 1. The summed E-state index contributed by atoms with van der Waals surface area (Å²) in [6, 6.07) is -0.831. The molecule has 9 N–H and O–H groups in total. The Morgan fingerprint density at radius 2 is 0.841 bits per heavy atom. The first kappa shape index (κ1) is 76.0. The second-order valence-corrected chi connectivity index (χ2v) is 23.9. The van der Waals surface area contributed by atoms with Crippen LogP contribution in [0.3, 0.4) is 0 Å². The normalized spacial score (nSPS) is 24.2. The SMILES string of the molecule is CC/C=C\C/C=C\C/C=C\C/C=C\CCCCCCCCCCCCCCCCC(=O)NC(COC1OC(CO)C(OC2OC(CO)C(O)C(O)C2O)C(O)C1O)C(O)CCCCCCCCCCCCCCCCCCCCCCC. The topological polar surface area (TPSA) is 228 Å². The van der Waals surface area contributed by atoms with Crippen molar-refractivity contribution in [2.45, 2.75) is 357 Å². The first-order valence-corrected chi connectivity index (χ1v) is 33.9. The molecule has 2 aliphatic heterocycles. The predicted octanol–water partition coefficient (Wildman–Crippen LogP) is 13.1. The zero-order valence-corrected chi connectivity index (χ0v) is 52.0. The van der Waals surface area contributed by atoms with Crippen LogP contribution in [0.5, 0.6) is 0 Å². The molecule has 14 nitrogen and oxygen atoms in total. The van der Waals surface area contributed by atoms with E-state index in [-0.39, 0.29) is 12.5 Å². The molecule has 0 saturated carbocycles. The van der Waals surface area contributed by atoms with Crippen LogP contribution in [0.1, 0.15) is 284 Å². The van der Waals surface area contributed by atoms with E-state index in [2.05, 4.69) is 67.8 Å². The van der Waals surface area contributed by atoms with Gasteiger partial charge in [-0.05, 0) is 51.4 Å². The molecule has 0 aromatic carbocycles. The highest BCUT2D eigenvalue weighted by atomic mass is 16.7. The molecule has 0 aromatic heterocycles. The fourth-order valence-corrected chi connectivity index (χ4v) is 11.2. The highest BCUT2D eigenvalue weighted by Gasteiger charge is 2.51.